The molecule has 0 amide bonds. The maximum absolute atomic E-state index is 4.79. The first kappa shape index (κ1) is 15.8. The molecule has 0 radical (unpaired) electrons. The van der Waals surface area contributed by atoms with Crippen LogP contribution in [0.5, 0.6) is 0 Å². The van der Waals surface area contributed by atoms with Gasteiger partial charge in [-0.2, -0.15) is 16.4 Å². The first-order chi connectivity index (χ1) is 12.3. The van der Waals surface area contributed by atoms with Crippen LogP contribution >= 0.6 is 11.3 Å². The van der Waals surface area contributed by atoms with E-state index in [1.54, 1.807) is 11.3 Å². The Morgan fingerprint density at radius 1 is 1.08 bits per heavy atom. The quantitative estimate of drug-likeness (QED) is 0.508. The van der Waals surface area contributed by atoms with E-state index in [4.69, 9.17) is 4.98 Å². The van der Waals surface area contributed by atoms with Crippen molar-refractivity contribution in [3.8, 4) is 22.5 Å². The highest BCUT2D eigenvalue weighted by atomic mass is 32.1. The number of aryl methyl sites for hydroxylation is 1. The first-order valence-corrected chi connectivity index (χ1v) is 9.36. The summed E-state index contributed by atoms with van der Waals surface area (Å²) < 4.78 is 4.25. The Kier molecular flexibility index (Phi) is 4.24. The van der Waals surface area contributed by atoms with E-state index in [1.165, 1.54) is 17.0 Å². The molecule has 4 nitrogen and oxygen atoms in total. The summed E-state index contributed by atoms with van der Waals surface area (Å²) in [5.41, 5.74) is 5.74. The normalized spacial score (nSPS) is 12.4. The Morgan fingerprint density at radius 2 is 1.92 bits per heavy atom. The monoisotopic (exact) mass is 348 g/mol. The van der Waals surface area contributed by atoms with Crippen molar-refractivity contribution in [1.29, 1.82) is 0 Å². The van der Waals surface area contributed by atoms with E-state index in [0.29, 0.717) is 0 Å². The van der Waals surface area contributed by atoms with Crippen molar-refractivity contribution in [1.82, 2.24) is 19.3 Å². The summed E-state index contributed by atoms with van der Waals surface area (Å²) in [4.78, 5) is 4.79. The molecule has 0 saturated carbocycles. The van der Waals surface area contributed by atoms with Gasteiger partial charge >= 0.3 is 0 Å². The molecule has 1 aromatic carbocycles. The van der Waals surface area contributed by atoms with Gasteiger partial charge in [0.2, 0.25) is 0 Å². The molecule has 0 aliphatic carbocycles. The highest BCUT2D eigenvalue weighted by Crippen LogP contribution is 2.36. The van der Waals surface area contributed by atoms with Gasteiger partial charge in [-0.05, 0) is 23.9 Å². The summed E-state index contributed by atoms with van der Waals surface area (Å²) in [7, 11) is 2.00. The van der Waals surface area contributed by atoms with Crippen LogP contribution in [0, 0.1) is 0 Å². The van der Waals surface area contributed by atoms with Crippen molar-refractivity contribution in [3.63, 3.8) is 0 Å². The molecule has 4 rings (SSSR count). The van der Waals surface area contributed by atoms with E-state index in [9.17, 15) is 0 Å². The van der Waals surface area contributed by atoms with Crippen LogP contribution in [0.2, 0.25) is 0 Å². The zero-order valence-electron chi connectivity index (χ0n) is 14.3. The molecule has 1 atom stereocenters. The number of thiophene rings is 1. The zero-order chi connectivity index (χ0) is 17.2. The number of benzene rings is 1. The average molecular weight is 348 g/mol. The summed E-state index contributed by atoms with van der Waals surface area (Å²) >= 11 is 1.71. The minimum absolute atomic E-state index is 0.201. The second-order valence-electron chi connectivity index (χ2n) is 6.03. The number of hydrogen-bond acceptors (Lipinski definition) is 3. The fourth-order valence-corrected chi connectivity index (χ4v) is 3.99. The van der Waals surface area contributed by atoms with E-state index < -0.39 is 0 Å². The van der Waals surface area contributed by atoms with Gasteiger partial charge < -0.3 is 4.57 Å². The highest BCUT2D eigenvalue weighted by Gasteiger charge is 2.22. The molecule has 0 spiro atoms. The SMILES string of the molecule is CC[C@@H](c1ccnn1C)n1cnc(-c2ccccc2)c1-c1ccsc1. The van der Waals surface area contributed by atoms with Crippen LogP contribution in [0.4, 0.5) is 0 Å². The topological polar surface area (TPSA) is 35.6 Å². The van der Waals surface area contributed by atoms with Crippen LogP contribution in [-0.4, -0.2) is 19.3 Å². The third kappa shape index (κ3) is 2.81. The Balaban J connectivity index is 1.92. The summed E-state index contributed by atoms with van der Waals surface area (Å²) in [5, 5.41) is 8.66. The molecule has 0 bridgehead atoms. The molecule has 3 aromatic heterocycles. The van der Waals surface area contributed by atoms with Gasteiger partial charge in [-0.3, -0.25) is 4.68 Å². The first-order valence-electron chi connectivity index (χ1n) is 8.42. The maximum atomic E-state index is 4.79. The maximum Gasteiger partial charge on any atom is 0.0965 e. The third-order valence-corrected chi connectivity index (χ3v) is 5.24. The number of nitrogens with zero attached hydrogens (tertiary/aromatic N) is 4. The van der Waals surface area contributed by atoms with Gasteiger partial charge in [-0.15, -0.1) is 0 Å². The van der Waals surface area contributed by atoms with Gasteiger partial charge in [-0.1, -0.05) is 37.3 Å². The number of imidazole rings is 1. The van der Waals surface area contributed by atoms with Gasteiger partial charge in [-0.25, -0.2) is 4.98 Å². The van der Waals surface area contributed by atoms with E-state index in [-0.39, 0.29) is 6.04 Å². The molecule has 0 fully saturated rings. The number of rotatable bonds is 5. The third-order valence-electron chi connectivity index (χ3n) is 4.56. The lowest BCUT2D eigenvalue weighted by molar-refractivity contribution is 0.522. The van der Waals surface area contributed by atoms with Crippen LogP contribution in [0.1, 0.15) is 25.1 Å². The van der Waals surface area contributed by atoms with E-state index >= 15 is 0 Å². The van der Waals surface area contributed by atoms with Crippen molar-refractivity contribution in [2.75, 3.05) is 0 Å². The molecule has 0 saturated heterocycles. The van der Waals surface area contributed by atoms with Gasteiger partial charge in [0.25, 0.3) is 0 Å². The second kappa shape index (κ2) is 6.69. The Hall–Kier alpha value is -2.66. The molecule has 126 valence electrons. The summed E-state index contributed by atoms with van der Waals surface area (Å²) in [6, 6.07) is 14.9. The van der Waals surface area contributed by atoms with E-state index in [1.807, 2.05) is 30.3 Å². The fraction of sp³-hybridized carbons (Fsp3) is 0.200. The predicted octanol–water partition coefficient (Wildman–Crippen LogP) is 5.01. The van der Waals surface area contributed by atoms with Crippen molar-refractivity contribution in [2.24, 2.45) is 7.05 Å². The summed E-state index contributed by atoms with van der Waals surface area (Å²) in [5.74, 6) is 0. The highest BCUT2D eigenvalue weighted by molar-refractivity contribution is 7.08. The molecule has 0 aliphatic heterocycles. The van der Waals surface area contributed by atoms with Crippen LogP contribution in [0.3, 0.4) is 0 Å². The molecule has 4 aromatic rings. The molecule has 25 heavy (non-hydrogen) atoms. The van der Waals surface area contributed by atoms with Gasteiger partial charge in [0.1, 0.15) is 0 Å². The number of aromatic nitrogens is 4. The van der Waals surface area contributed by atoms with Crippen LogP contribution in [0.15, 0.2) is 65.7 Å². The van der Waals surface area contributed by atoms with Crippen molar-refractivity contribution < 1.29 is 0 Å². The lowest BCUT2D eigenvalue weighted by atomic mass is 10.0. The van der Waals surface area contributed by atoms with Crippen LogP contribution < -0.4 is 0 Å². The van der Waals surface area contributed by atoms with Crippen molar-refractivity contribution >= 4 is 11.3 Å². The molecular formula is C20H20N4S. The lowest BCUT2D eigenvalue weighted by Crippen LogP contribution is -2.14. The molecule has 0 N–H and O–H groups in total. The van der Waals surface area contributed by atoms with Crippen molar-refractivity contribution in [3.05, 3.63) is 71.4 Å². The van der Waals surface area contributed by atoms with E-state index in [2.05, 4.69) is 63.7 Å². The van der Waals surface area contributed by atoms with Crippen LogP contribution in [-0.2, 0) is 7.05 Å². The zero-order valence-corrected chi connectivity index (χ0v) is 15.1. The largest absolute Gasteiger partial charge is 0.321 e. The summed E-state index contributed by atoms with van der Waals surface area (Å²) in [6.45, 7) is 2.21. The fourth-order valence-electron chi connectivity index (χ4n) is 3.35. The van der Waals surface area contributed by atoms with E-state index in [0.717, 1.165) is 17.7 Å². The van der Waals surface area contributed by atoms with Gasteiger partial charge in [0.15, 0.2) is 0 Å². The minimum atomic E-state index is 0.201. The van der Waals surface area contributed by atoms with Gasteiger partial charge in [0, 0.05) is 29.8 Å². The second-order valence-corrected chi connectivity index (χ2v) is 6.81. The lowest BCUT2D eigenvalue weighted by Gasteiger charge is -2.20. The number of hydrogen-bond donors (Lipinski definition) is 0. The standard InChI is InChI=1S/C20H20N4S/c1-3-17(18-9-11-22-23(18)2)24-14-21-19(15-7-5-4-6-8-15)20(24)16-10-12-25-13-16/h4-14,17H,3H2,1-2H3/t17-/m0/s1. The van der Waals surface area contributed by atoms with Crippen molar-refractivity contribution in [2.45, 2.75) is 19.4 Å². The smallest absolute Gasteiger partial charge is 0.0965 e. The Bertz CT molecular complexity index is 951. The molecule has 3 heterocycles. The molecule has 0 unspecified atom stereocenters. The van der Waals surface area contributed by atoms with Crippen LogP contribution in [0.25, 0.3) is 22.5 Å². The summed E-state index contributed by atoms with van der Waals surface area (Å²) in [6.07, 6.45) is 4.80. The minimum Gasteiger partial charge on any atom is -0.321 e. The Labute approximate surface area is 151 Å². The Morgan fingerprint density at radius 3 is 2.56 bits per heavy atom. The van der Waals surface area contributed by atoms with Gasteiger partial charge in [0.05, 0.1) is 29.5 Å². The molecule has 5 heteroatoms. The molecular weight excluding hydrogens is 328 g/mol. The predicted molar refractivity (Wildman–Crippen MR) is 103 cm³/mol. The molecule has 0 aliphatic rings. The average Bonchev–Trinajstić information content (AvgIpc) is 3.38.